The van der Waals surface area contributed by atoms with E-state index in [9.17, 15) is 9.59 Å². The van der Waals surface area contributed by atoms with Crippen LogP contribution in [0.5, 0.6) is 0 Å². The van der Waals surface area contributed by atoms with Gasteiger partial charge < -0.3 is 10.0 Å². The quantitative estimate of drug-likeness (QED) is 0.849. The Balaban J connectivity index is 2.77. The molecule has 17 heavy (non-hydrogen) atoms. The molecule has 2 amide bonds. The molecular formula is C11H15N3O3. The third-order valence-corrected chi connectivity index (χ3v) is 2.30. The standard InChI is InChI=1S/C11H15N3O3/c1-3-14(8-10(15)16)11(17)13(2)9-5-4-6-12-7-9/h4-7H,3,8H2,1-2H3,(H,15,16). The Hall–Kier alpha value is -2.11. The normalized spacial score (nSPS) is 9.76. The van der Waals surface area contributed by atoms with Crippen molar-refractivity contribution in [3.8, 4) is 0 Å². The smallest absolute Gasteiger partial charge is 0.324 e. The molecule has 0 bridgehead atoms. The minimum absolute atomic E-state index is 0.306. The molecule has 0 unspecified atom stereocenters. The average Bonchev–Trinajstić information content (AvgIpc) is 2.35. The number of amides is 2. The second-order valence-corrected chi connectivity index (χ2v) is 3.46. The number of aromatic nitrogens is 1. The molecule has 0 aliphatic carbocycles. The lowest BCUT2D eigenvalue weighted by molar-refractivity contribution is -0.137. The second-order valence-electron chi connectivity index (χ2n) is 3.46. The van der Waals surface area contributed by atoms with E-state index in [0.29, 0.717) is 12.2 Å². The van der Waals surface area contributed by atoms with Crippen LogP contribution in [0.25, 0.3) is 0 Å². The highest BCUT2D eigenvalue weighted by Gasteiger charge is 2.19. The summed E-state index contributed by atoms with van der Waals surface area (Å²) in [6.45, 7) is 1.77. The lowest BCUT2D eigenvalue weighted by Crippen LogP contribution is -2.43. The third-order valence-electron chi connectivity index (χ3n) is 2.30. The SMILES string of the molecule is CCN(CC(=O)O)C(=O)N(C)c1cccnc1. The molecule has 0 radical (unpaired) electrons. The van der Waals surface area contributed by atoms with Gasteiger partial charge in [0.1, 0.15) is 6.54 Å². The number of anilines is 1. The molecule has 92 valence electrons. The van der Waals surface area contributed by atoms with Gasteiger partial charge in [0.2, 0.25) is 0 Å². The van der Waals surface area contributed by atoms with E-state index in [4.69, 9.17) is 5.11 Å². The van der Waals surface area contributed by atoms with Crippen LogP contribution in [-0.2, 0) is 4.79 Å². The van der Waals surface area contributed by atoms with Gasteiger partial charge in [0.05, 0.1) is 11.9 Å². The van der Waals surface area contributed by atoms with Gasteiger partial charge in [-0.1, -0.05) is 0 Å². The largest absolute Gasteiger partial charge is 0.480 e. The lowest BCUT2D eigenvalue weighted by atomic mass is 10.4. The Morgan fingerprint density at radius 2 is 2.18 bits per heavy atom. The van der Waals surface area contributed by atoms with Crippen LogP contribution < -0.4 is 4.90 Å². The summed E-state index contributed by atoms with van der Waals surface area (Å²) in [5.74, 6) is -1.03. The Morgan fingerprint density at radius 1 is 1.47 bits per heavy atom. The van der Waals surface area contributed by atoms with Crippen molar-refractivity contribution < 1.29 is 14.7 Å². The summed E-state index contributed by atoms with van der Waals surface area (Å²) >= 11 is 0. The molecule has 0 saturated heterocycles. The maximum absolute atomic E-state index is 12.0. The minimum Gasteiger partial charge on any atom is -0.480 e. The van der Waals surface area contributed by atoms with E-state index in [1.807, 2.05) is 0 Å². The van der Waals surface area contributed by atoms with E-state index >= 15 is 0 Å². The van der Waals surface area contributed by atoms with E-state index < -0.39 is 5.97 Å². The first-order valence-electron chi connectivity index (χ1n) is 5.20. The molecule has 0 saturated carbocycles. The summed E-state index contributed by atoms with van der Waals surface area (Å²) in [7, 11) is 1.59. The van der Waals surface area contributed by atoms with E-state index in [2.05, 4.69) is 4.98 Å². The summed E-state index contributed by atoms with van der Waals surface area (Å²) < 4.78 is 0. The molecule has 1 heterocycles. The van der Waals surface area contributed by atoms with Gasteiger partial charge in [-0.05, 0) is 19.1 Å². The van der Waals surface area contributed by atoms with Crippen molar-refractivity contribution in [1.82, 2.24) is 9.88 Å². The van der Waals surface area contributed by atoms with Crippen LogP contribution in [-0.4, -0.2) is 47.1 Å². The number of pyridine rings is 1. The van der Waals surface area contributed by atoms with E-state index in [1.54, 1.807) is 38.5 Å². The predicted molar refractivity (Wildman–Crippen MR) is 62.9 cm³/mol. The van der Waals surface area contributed by atoms with Crippen LogP contribution in [0.3, 0.4) is 0 Å². The van der Waals surface area contributed by atoms with Crippen LogP contribution in [0, 0.1) is 0 Å². The van der Waals surface area contributed by atoms with Crippen LogP contribution >= 0.6 is 0 Å². The van der Waals surface area contributed by atoms with Crippen molar-refractivity contribution in [1.29, 1.82) is 0 Å². The number of carboxylic acid groups (broad SMARTS) is 1. The van der Waals surface area contributed by atoms with Crippen molar-refractivity contribution in [2.24, 2.45) is 0 Å². The number of likely N-dealkylation sites (N-methyl/N-ethyl adjacent to an activating group) is 1. The fourth-order valence-electron chi connectivity index (χ4n) is 1.35. The first-order valence-corrected chi connectivity index (χ1v) is 5.20. The molecule has 1 N–H and O–H groups in total. The lowest BCUT2D eigenvalue weighted by Gasteiger charge is -2.25. The maximum Gasteiger partial charge on any atom is 0.324 e. The second kappa shape index (κ2) is 5.83. The third kappa shape index (κ3) is 3.44. The number of nitrogens with zero attached hydrogens (tertiary/aromatic N) is 3. The summed E-state index contributed by atoms with van der Waals surface area (Å²) in [5, 5.41) is 8.69. The minimum atomic E-state index is -1.03. The molecule has 0 fully saturated rings. The Morgan fingerprint density at radius 3 is 2.65 bits per heavy atom. The van der Waals surface area contributed by atoms with Gasteiger partial charge >= 0.3 is 12.0 Å². The number of carboxylic acids is 1. The highest BCUT2D eigenvalue weighted by Crippen LogP contribution is 2.11. The first kappa shape index (κ1) is 13.0. The topological polar surface area (TPSA) is 73.7 Å². The molecule has 0 aromatic carbocycles. The van der Waals surface area contributed by atoms with Crippen LogP contribution in [0.4, 0.5) is 10.5 Å². The maximum atomic E-state index is 12.0. The summed E-state index contributed by atoms with van der Waals surface area (Å²) in [5.41, 5.74) is 0.626. The van der Waals surface area contributed by atoms with Gasteiger partial charge in [-0.15, -0.1) is 0 Å². The van der Waals surface area contributed by atoms with E-state index in [1.165, 1.54) is 9.80 Å². The zero-order valence-corrected chi connectivity index (χ0v) is 9.83. The van der Waals surface area contributed by atoms with Crippen LogP contribution in [0.1, 0.15) is 6.92 Å². The molecule has 6 nitrogen and oxygen atoms in total. The number of hydrogen-bond donors (Lipinski definition) is 1. The van der Waals surface area contributed by atoms with E-state index in [-0.39, 0.29) is 12.6 Å². The molecule has 6 heteroatoms. The van der Waals surface area contributed by atoms with Crippen molar-refractivity contribution >= 4 is 17.7 Å². The molecule has 1 aromatic rings. The highest BCUT2D eigenvalue weighted by atomic mass is 16.4. The number of hydrogen-bond acceptors (Lipinski definition) is 3. The van der Waals surface area contributed by atoms with Crippen molar-refractivity contribution in [3.05, 3.63) is 24.5 Å². The van der Waals surface area contributed by atoms with Crippen molar-refractivity contribution in [2.75, 3.05) is 25.0 Å². The number of carbonyl (C=O) groups excluding carboxylic acids is 1. The number of urea groups is 1. The van der Waals surface area contributed by atoms with Gasteiger partial charge in [-0.3, -0.25) is 14.7 Å². The van der Waals surface area contributed by atoms with Gasteiger partial charge in [-0.2, -0.15) is 0 Å². The molecule has 0 aliphatic heterocycles. The van der Waals surface area contributed by atoms with Crippen molar-refractivity contribution in [3.63, 3.8) is 0 Å². The number of aliphatic carboxylic acids is 1. The number of carbonyl (C=O) groups is 2. The first-order chi connectivity index (χ1) is 8.06. The van der Waals surface area contributed by atoms with Gasteiger partial charge in [-0.25, -0.2) is 4.79 Å². The molecule has 0 atom stereocenters. The fraction of sp³-hybridized carbons (Fsp3) is 0.364. The average molecular weight is 237 g/mol. The Bertz CT molecular complexity index is 394. The van der Waals surface area contributed by atoms with Gasteiger partial charge in [0.15, 0.2) is 0 Å². The van der Waals surface area contributed by atoms with Gasteiger partial charge in [0, 0.05) is 19.8 Å². The number of rotatable bonds is 4. The molecule has 1 aromatic heterocycles. The zero-order chi connectivity index (χ0) is 12.8. The molecular weight excluding hydrogens is 222 g/mol. The molecule has 0 spiro atoms. The Kier molecular flexibility index (Phi) is 4.45. The van der Waals surface area contributed by atoms with Crippen molar-refractivity contribution in [2.45, 2.75) is 6.92 Å². The summed E-state index contributed by atoms with van der Waals surface area (Å²) in [4.78, 5) is 29.1. The molecule has 0 aliphatic rings. The zero-order valence-electron chi connectivity index (χ0n) is 9.83. The Labute approximate surface area is 99.5 Å². The van der Waals surface area contributed by atoms with Gasteiger partial charge in [0.25, 0.3) is 0 Å². The summed E-state index contributed by atoms with van der Waals surface area (Å²) in [6.07, 6.45) is 3.16. The van der Waals surface area contributed by atoms with E-state index in [0.717, 1.165) is 0 Å². The van der Waals surface area contributed by atoms with Crippen LogP contribution in [0.2, 0.25) is 0 Å². The summed E-state index contributed by atoms with van der Waals surface area (Å²) in [6, 6.07) is 3.09. The molecule has 1 rings (SSSR count). The highest BCUT2D eigenvalue weighted by molar-refractivity contribution is 5.92. The predicted octanol–water partition coefficient (Wildman–Crippen LogP) is 1.04. The monoisotopic (exact) mass is 237 g/mol. The van der Waals surface area contributed by atoms with Crippen LogP contribution in [0.15, 0.2) is 24.5 Å². The fourth-order valence-corrected chi connectivity index (χ4v) is 1.35.